The average molecular weight is 526 g/mol. The van der Waals surface area contributed by atoms with Crippen LogP contribution in [0.15, 0.2) is 77.9 Å². The zero-order valence-corrected chi connectivity index (χ0v) is 21.0. The Morgan fingerprint density at radius 3 is 2.24 bits per heavy atom. The second-order valence-corrected chi connectivity index (χ2v) is 8.71. The molecular formula is C28H26F3N3O4. The minimum atomic E-state index is -4.51. The maximum absolute atomic E-state index is 13.5. The highest BCUT2D eigenvalue weighted by Gasteiger charge is 2.36. The molecule has 0 spiro atoms. The SMILES string of the molecule is COc1ccc(C2=NN(C(=O)CN(C)C(=O)c3ccc(C(F)(F)F)cc3)[C@@H](c3ccccc3OC)C2)cc1. The van der Waals surface area contributed by atoms with Crippen molar-refractivity contribution in [2.75, 3.05) is 27.8 Å². The summed E-state index contributed by atoms with van der Waals surface area (Å²) in [6, 6.07) is 18.0. The van der Waals surface area contributed by atoms with Gasteiger partial charge in [0.05, 0.1) is 31.5 Å². The fourth-order valence-electron chi connectivity index (χ4n) is 4.25. The number of methoxy groups -OCH3 is 2. The van der Waals surface area contributed by atoms with Crippen LogP contribution >= 0.6 is 0 Å². The van der Waals surface area contributed by atoms with Gasteiger partial charge in [0.2, 0.25) is 0 Å². The van der Waals surface area contributed by atoms with E-state index in [1.165, 1.54) is 12.1 Å². The number of likely N-dealkylation sites (N-methyl/N-ethyl adjacent to an activating group) is 1. The standard InChI is InChI=1S/C28H26F3N3O4/c1-33(27(36)19-8-12-20(13-9-19)28(29,30)31)17-26(35)34-24(22-6-4-5-7-25(22)38-3)16-23(32-34)18-10-14-21(37-2)15-11-18/h4-15,24H,16-17H2,1-3H3/t24-/m1/s1. The molecule has 3 aromatic rings. The second-order valence-electron chi connectivity index (χ2n) is 8.71. The van der Waals surface area contributed by atoms with E-state index in [-0.39, 0.29) is 12.1 Å². The van der Waals surface area contributed by atoms with Crippen LogP contribution in [0.2, 0.25) is 0 Å². The lowest BCUT2D eigenvalue weighted by Crippen LogP contribution is -2.39. The molecule has 0 saturated carbocycles. The molecule has 3 aromatic carbocycles. The Hall–Kier alpha value is -4.34. The minimum absolute atomic E-state index is 0.0402. The summed E-state index contributed by atoms with van der Waals surface area (Å²) < 4.78 is 49.4. The van der Waals surface area contributed by atoms with E-state index in [1.54, 1.807) is 32.4 Å². The van der Waals surface area contributed by atoms with Gasteiger partial charge in [0.15, 0.2) is 0 Å². The van der Waals surface area contributed by atoms with Crippen LogP contribution in [0.1, 0.15) is 39.5 Å². The molecular weight excluding hydrogens is 499 g/mol. The zero-order valence-electron chi connectivity index (χ0n) is 21.0. The summed E-state index contributed by atoms with van der Waals surface area (Å²) in [5.41, 5.74) is 1.43. The molecule has 0 N–H and O–H groups in total. The number of hydrogen-bond donors (Lipinski definition) is 0. The maximum atomic E-state index is 13.5. The van der Waals surface area contributed by atoms with Crippen molar-refractivity contribution in [3.05, 3.63) is 95.1 Å². The molecule has 0 saturated heterocycles. The van der Waals surface area contributed by atoms with Crippen molar-refractivity contribution >= 4 is 17.5 Å². The van der Waals surface area contributed by atoms with E-state index in [0.29, 0.717) is 23.6 Å². The summed E-state index contributed by atoms with van der Waals surface area (Å²) in [5.74, 6) is 0.243. The fraction of sp³-hybridized carbons (Fsp3) is 0.250. The van der Waals surface area contributed by atoms with Crippen LogP contribution in [0.3, 0.4) is 0 Å². The van der Waals surface area contributed by atoms with E-state index in [0.717, 1.165) is 40.3 Å². The van der Waals surface area contributed by atoms with Gasteiger partial charge in [-0.15, -0.1) is 0 Å². The molecule has 0 radical (unpaired) electrons. The Kier molecular flexibility index (Phi) is 7.70. The average Bonchev–Trinajstić information content (AvgIpc) is 3.37. The number of benzene rings is 3. The van der Waals surface area contributed by atoms with Crippen LogP contribution in [0.25, 0.3) is 0 Å². The monoisotopic (exact) mass is 525 g/mol. The Balaban J connectivity index is 1.58. The van der Waals surface area contributed by atoms with E-state index in [2.05, 4.69) is 5.10 Å². The normalized spacial score (nSPS) is 15.2. The molecule has 10 heteroatoms. The molecule has 38 heavy (non-hydrogen) atoms. The van der Waals surface area contributed by atoms with Gasteiger partial charge in [-0.05, 0) is 60.2 Å². The summed E-state index contributed by atoms with van der Waals surface area (Å²) >= 11 is 0. The van der Waals surface area contributed by atoms with Gasteiger partial charge in [-0.25, -0.2) is 5.01 Å². The first-order chi connectivity index (χ1) is 18.1. The molecule has 1 heterocycles. The van der Waals surface area contributed by atoms with Gasteiger partial charge in [-0.3, -0.25) is 9.59 Å². The summed E-state index contributed by atoms with van der Waals surface area (Å²) in [4.78, 5) is 27.5. The highest BCUT2D eigenvalue weighted by molar-refractivity contribution is 6.04. The number of rotatable bonds is 7. The molecule has 1 atom stereocenters. The molecule has 0 aromatic heterocycles. The van der Waals surface area contributed by atoms with E-state index in [1.807, 2.05) is 30.3 Å². The predicted octanol–water partition coefficient (Wildman–Crippen LogP) is 5.17. The van der Waals surface area contributed by atoms with Crippen molar-refractivity contribution in [3.63, 3.8) is 0 Å². The number of halogens is 3. The zero-order chi connectivity index (χ0) is 27.4. The number of alkyl halides is 3. The second kappa shape index (κ2) is 11.0. The van der Waals surface area contributed by atoms with Gasteiger partial charge in [-0.2, -0.15) is 18.3 Å². The van der Waals surface area contributed by atoms with Gasteiger partial charge < -0.3 is 14.4 Å². The number of para-hydroxylation sites is 1. The van der Waals surface area contributed by atoms with Crippen molar-refractivity contribution in [1.82, 2.24) is 9.91 Å². The highest BCUT2D eigenvalue weighted by atomic mass is 19.4. The smallest absolute Gasteiger partial charge is 0.416 e. The summed E-state index contributed by atoms with van der Waals surface area (Å²) in [6.45, 7) is -0.328. The topological polar surface area (TPSA) is 71.4 Å². The number of ether oxygens (including phenoxy) is 2. The summed E-state index contributed by atoms with van der Waals surface area (Å²) in [5, 5.41) is 5.95. The minimum Gasteiger partial charge on any atom is -0.497 e. The van der Waals surface area contributed by atoms with Crippen LogP contribution < -0.4 is 9.47 Å². The first kappa shape index (κ1) is 26.7. The maximum Gasteiger partial charge on any atom is 0.416 e. The fourth-order valence-corrected chi connectivity index (χ4v) is 4.25. The van der Waals surface area contributed by atoms with Gasteiger partial charge in [0, 0.05) is 24.6 Å². The van der Waals surface area contributed by atoms with Crippen molar-refractivity contribution < 1.29 is 32.2 Å². The third-order valence-corrected chi connectivity index (χ3v) is 6.27. The first-order valence-electron chi connectivity index (χ1n) is 11.7. The molecule has 7 nitrogen and oxygen atoms in total. The number of hydrazone groups is 1. The van der Waals surface area contributed by atoms with E-state index in [9.17, 15) is 22.8 Å². The lowest BCUT2D eigenvalue weighted by atomic mass is 9.97. The third-order valence-electron chi connectivity index (χ3n) is 6.27. The van der Waals surface area contributed by atoms with Crippen LogP contribution in [-0.4, -0.2) is 55.2 Å². The van der Waals surface area contributed by atoms with Crippen LogP contribution in [0.4, 0.5) is 13.2 Å². The Bertz CT molecular complexity index is 1340. The lowest BCUT2D eigenvalue weighted by molar-refractivity contribution is -0.137. The largest absolute Gasteiger partial charge is 0.497 e. The molecule has 2 amide bonds. The van der Waals surface area contributed by atoms with Crippen molar-refractivity contribution in [2.45, 2.75) is 18.6 Å². The van der Waals surface area contributed by atoms with E-state index >= 15 is 0 Å². The highest BCUT2D eigenvalue weighted by Crippen LogP contribution is 2.37. The first-order valence-corrected chi connectivity index (χ1v) is 11.7. The van der Waals surface area contributed by atoms with Gasteiger partial charge >= 0.3 is 6.18 Å². The molecule has 0 bridgehead atoms. The summed E-state index contributed by atoms with van der Waals surface area (Å²) in [6.07, 6.45) is -4.10. The number of carbonyl (C=O) groups excluding carboxylic acids is 2. The number of carbonyl (C=O) groups is 2. The van der Waals surface area contributed by atoms with Crippen molar-refractivity contribution in [1.29, 1.82) is 0 Å². The van der Waals surface area contributed by atoms with Crippen LogP contribution in [0, 0.1) is 0 Å². The Labute approximate surface area is 218 Å². The van der Waals surface area contributed by atoms with Crippen molar-refractivity contribution in [3.8, 4) is 11.5 Å². The van der Waals surface area contributed by atoms with Gasteiger partial charge in [-0.1, -0.05) is 18.2 Å². The van der Waals surface area contributed by atoms with E-state index < -0.39 is 29.6 Å². The molecule has 198 valence electrons. The number of amides is 2. The number of nitrogens with zero attached hydrogens (tertiary/aromatic N) is 3. The molecule has 4 rings (SSSR count). The molecule has 0 unspecified atom stereocenters. The molecule has 0 aliphatic carbocycles. The van der Waals surface area contributed by atoms with Crippen LogP contribution in [0.5, 0.6) is 11.5 Å². The van der Waals surface area contributed by atoms with Crippen LogP contribution in [-0.2, 0) is 11.0 Å². The van der Waals surface area contributed by atoms with Crippen molar-refractivity contribution in [2.24, 2.45) is 5.10 Å². The van der Waals surface area contributed by atoms with Gasteiger partial charge in [0.1, 0.15) is 18.0 Å². The quantitative estimate of drug-likeness (QED) is 0.427. The summed E-state index contributed by atoms with van der Waals surface area (Å²) in [7, 11) is 4.53. The Morgan fingerprint density at radius 2 is 1.63 bits per heavy atom. The lowest BCUT2D eigenvalue weighted by Gasteiger charge is -2.26. The molecule has 1 aliphatic rings. The molecule has 0 fully saturated rings. The molecule has 1 aliphatic heterocycles. The number of hydrogen-bond acceptors (Lipinski definition) is 5. The Morgan fingerprint density at radius 1 is 0.974 bits per heavy atom. The van der Waals surface area contributed by atoms with E-state index in [4.69, 9.17) is 9.47 Å². The van der Waals surface area contributed by atoms with Gasteiger partial charge in [0.25, 0.3) is 11.8 Å². The third kappa shape index (κ3) is 5.64. The predicted molar refractivity (Wildman–Crippen MR) is 135 cm³/mol.